The minimum Gasteiger partial charge on any atom is -0.338 e. The maximum Gasteiger partial charge on any atom is 0.240 e. The molecule has 0 radical (unpaired) electrons. The fraction of sp³-hybridized carbons (Fsp3) is 0.846. The van der Waals surface area contributed by atoms with Gasteiger partial charge in [-0.15, -0.1) is 0 Å². The quantitative estimate of drug-likeness (QED) is 0.877. The van der Waals surface area contributed by atoms with Crippen LogP contribution < -0.4 is 5.32 Å². The molecular weight excluding hydrogens is 228 g/mol. The Kier molecular flexibility index (Phi) is 3.61. The number of likely N-dealkylation sites (tertiary alicyclic amines) is 1. The molecule has 2 saturated heterocycles. The number of piperidine rings is 1. The Balaban J connectivity index is 1.56. The fourth-order valence-corrected chi connectivity index (χ4v) is 3.27. The lowest BCUT2D eigenvalue weighted by molar-refractivity contribution is 0.131. The van der Waals surface area contributed by atoms with Crippen molar-refractivity contribution in [1.82, 2.24) is 20.4 Å². The molecule has 1 aromatic rings. The van der Waals surface area contributed by atoms with Gasteiger partial charge >= 0.3 is 0 Å². The molecule has 18 heavy (non-hydrogen) atoms. The van der Waals surface area contributed by atoms with Gasteiger partial charge in [-0.1, -0.05) is 5.16 Å². The van der Waals surface area contributed by atoms with Crippen molar-refractivity contribution in [2.24, 2.45) is 5.92 Å². The highest BCUT2D eigenvalue weighted by Gasteiger charge is 2.29. The molecule has 0 spiro atoms. The van der Waals surface area contributed by atoms with Gasteiger partial charge < -0.3 is 9.84 Å². The highest BCUT2D eigenvalue weighted by atomic mass is 16.5. The van der Waals surface area contributed by atoms with Crippen LogP contribution in [-0.4, -0.2) is 40.7 Å². The van der Waals surface area contributed by atoms with E-state index in [1.807, 2.05) is 6.92 Å². The Labute approximate surface area is 108 Å². The van der Waals surface area contributed by atoms with Crippen molar-refractivity contribution in [3.05, 3.63) is 11.7 Å². The summed E-state index contributed by atoms with van der Waals surface area (Å²) in [5.74, 6) is 2.29. The van der Waals surface area contributed by atoms with Crippen molar-refractivity contribution in [3.63, 3.8) is 0 Å². The lowest BCUT2D eigenvalue weighted by Crippen LogP contribution is -2.43. The van der Waals surface area contributed by atoms with E-state index < -0.39 is 0 Å². The van der Waals surface area contributed by atoms with Crippen LogP contribution in [0.15, 0.2) is 4.52 Å². The maximum absolute atomic E-state index is 5.21. The third-order valence-corrected chi connectivity index (χ3v) is 4.14. The van der Waals surface area contributed by atoms with Gasteiger partial charge in [0.25, 0.3) is 0 Å². The molecule has 0 bridgehead atoms. The Morgan fingerprint density at radius 3 is 3.06 bits per heavy atom. The number of nitrogens with one attached hydrogen (secondary N) is 1. The smallest absolute Gasteiger partial charge is 0.240 e. The molecule has 0 amide bonds. The topological polar surface area (TPSA) is 54.2 Å². The van der Waals surface area contributed by atoms with E-state index in [1.54, 1.807) is 0 Å². The van der Waals surface area contributed by atoms with Crippen LogP contribution >= 0.6 is 0 Å². The van der Waals surface area contributed by atoms with Crippen LogP contribution in [0.1, 0.15) is 37.4 Å². The normalized spacial score (nSPS) is 29.8. The summed E-state index contributed by atoms with van der Waals surface area (Å²) in [5, 5.41) is 7.49. The van der Waals surface area contributed by atoms with Gasteiger partial charge in [0.1, 0.15) is 0 Å². The standard InChI is InChI=1S/C13H22N4O/c1-10-15-13(18-16-10)9-17-7-3-4-11(8-17)12-5-2-6-14-12/h11-12,14H,2-9H2,1H3. The molecule has 2 fully saturated rings. The first kappa shape index (κ1) is 12.1. The van der Waals surface area contributed by atoms with Crippen LogP contribution in [0.3, 0.4) is 0 Å². The monoisotopic (exact) mass is 250 g/mol. The molecule has 5 nitrogen and oxygen atoms in total. The second kappa shape index (κ2) is 5.36. The van der Waals surface area contributed by atoms with Gasteiger partial charge in [0, 0.05) is 12.6 Å². The van der Waals surface area contributed by atoms with Crippen LogP contribution in [0.2, 0.25) is 0 Å². The van der Waals surface area contributed by atoms with Gasteiger partial charge in [-0.25, -0.2) is 0 Å². The zero-order valence-corrected chi connectivity index (χ0v) is 11.1. The predicted molar refractivity (Wildman–Crippen MR) is 68.1 cm³/mol. The summed E-state index contributed by atoms with van der Waals surface area (Å²) >= 11 is 0. The summed E-state index contributed by atoms with van der Waals surface area (Å²) in [7, 11) is 0. The molecule has 0 saturated carbocycles. The molecule has 2 aliphatic heterocycles. The lowest BCUT2D eigenvalue weighted by atomic mass is 9.90. The molecule has 3 rings (SSSR count). The van der Waals surface area contributed by atoms with Gasteiger partial charge in [-0.3, -0.25) is 4.90 Å². The van der Waals surface area contributed by atoms with Crippen molar-refractivity contribution in [2.45, 2.75) is 45.2 Å². The van der Waals surface area contributed by atoms with Gasteiger partial charge in [0.15, 0.2) is 5.82 Å². The van der Waals surface area contributed by atoms with E-state index in [2.05, 4.69) is 20.4 Å². The van der Waals surface area contributed by atoms with E-state index in [0.717, 1.165) is 36.8 Å². The summed E-state index contributed by atoms with van der Waals surface area (Å²) in [6, 6.07) is 0.734. The van der Waals surface area contributed by atoms with Crippen LogP contribution in [0.5, 0.6) is 0 Å². The van der Waals surface area contributed by atoms with Crippen molar-refractivity contribution in [1.29, 1.82) is 0 Å². The Hall–Kier alpha value is -0.940. The number of aryl methyl sites for hydroxylation is 1. The van der Waals surface area contributed by atoms with Crippen molar-refractivity contribution >= 4 is 0 Å². The Morgan fingerprint density at radius 1 is 1.39 bits per heavy atom. The summed E-state index contributed by atoms with van der Waals surface area (Å²) in [6.45, 7) is 6.20. The van der Waals surface area contributed by atoms with E-state index in [0.29, 0.717) is 0 Å². The average molecular weight is 250 g/mol. The molecular formula is C13H22N4O. The molecule has 2 aliphatic rings. The van der Waals surface area contributed by atoms with E-state index in [4.69, 9.17) is 4.52 Å². The van der Waals surface area contributed by atoms with Crippen molar-refractivity contribution in [3.8, 4) is 0 Å². The second-order valence-corrected chi connectivity index (χ2v) is 5.58. The fourth-order valence-electron chi connectivity index (χ4n) is 3.27. The van der Waals surface area contributed by atoms with E-state index >= 15 is 0 Å². The number of rotatable bonds is 3. The van der Waals surface area contributed by atoms with Crippen molar-refractivity contribution < 1.29 is 4.52 Å². The second-order valence-electron chi connectivity index (χ2n) is 5.58. The third kappa shape index (κ3) is 2.72. The van der Waals surface area contributed by atoms with Crippen molar-refractivity contribution in [2.75, 3.05) is 19.6 Å². The minimum absolute atomic E-state index is 0.732. The first-order chi connectivity index (χ1) is 8.81. The highest BCUT2D eigenvalue weighted by molar-refractivity contribution is 4.89. The molecule has 100 valence electrons. The first-order valence-corrected chi connectivity index (χ1v) is 7.06. The summed E-state index contributed by atoms with van der Waals surface area (Å²) in [6.07, 6.45) is 5.33. The largest absolute Gasteiger partial charge is 0.338 e. The summed E-state index contributed by atoms with van der Waals surface area (Å²) in [5.41, 5.74) is 0. The Bertz CT molecular complexity index is 386. The SMILES string of the molecule is Cc1noc(CN2CCCC(C3CCCN3)C2)n1. The molecule has 1 N–H and O–H groups in total. The van der Waals surface area contributed by atoms with Crippen LogP contribution in [-0.2, 0) is 6.54 Å². The van der Waals surface area contributed by atoms with E-state index in [1.165, 1.54) is 38.8 Å². The number of hydrogen-bond donors (Lipinski definition) is 1. The first-order valence-electron chi connectivity index (χ1n) is 7.06. The average Bonchev–Trinajstić information content (AvgIpc) is 3.01. The minimum atomic E-state index is 0.732. The molecule has 1 aromatic heterocycles. The lowest BCUT2D eigenvalue weighted by Gasteiger charge is -2.35. The molecule has 0 aromatic carbocycles. The molecule has 3 heterocycles. The predicted octanol–water partition coefficient (Wildman–Crippen LogP) is 1.34. The zero-order valence-electron chi connectivity index (χ0n) is 11.1. The molecule has 5 heteroatoms. The molecule has 0 aliphatic carbocycles. The maximum atomic E-state index is 5.21. The zero-order chi connectivity index (χ0) is 12.4. The van der Waals surface area contributed by atoms with E-state index in [-0.39, 0.29) is 0 Å². The van der Waals surface area contributed by atoms with Crippen LogP contribution in [0.25, 0.3) is 0 Å². The van der Waals surface area contributed by atoms with E-state index in [9.17, 15) is 0 Å². The number of hydrogen-bond acceptors (Lipinski definition) is 5. The number of nitrogens with zero attached hydrogens (tertiary/aromatic N) is 3. The van der Waals surface area contributed by atoms with Crippen LogP contribution in [0.4, 0.5) is 0 Å². The van der Waals surface area contributed by atoms with Gasteiger partial charge in [-0.2, -0.15) is 4.98 Å². The third-order valence-electron chi connectivity index (χ3n) is 4.14. The van der Waals surface area contributed by atoms with Gasteiger partial charge in [0.05, 0.1) is 6.54 Å². The molecule has 2 atom stereocenters. The van der Waals surface area contributed by atoms with Gasteiger partial charge in [-0.05, 0) is 51.6 Å². The van der Waals surface area contributed by atoms with Crippen LogP contribution in [0, 0.1) is 12.8 Å². The summed E-state index contributed by atoms with van der Waals surface area (Å²) in [4.78, 5) is 6.75. The highest BCUT2D eigenvalue weighted by Crippen LogP contribution is 2.25. The Morgan fingerprint density at radius 2 is 2.33 bits per heavy atom. The molecule has 2 unspecified atom stereocenters. The van der Waals surface area contributed by atoms with Gasteiger partial charge in [0.2, 0.25) is 5.89 Å². The summed E-state index contributed by atoms with van der Waals surface area (Å²) < 4.78 is 5.21. The number of aromatic nitrogens is 2.